The Morgan fingerprint density at radius 3 is 2.74 bits per heavy atom. The van der Waals surface area contributed by atoms with Crippen molar-refractivity contribution < 1.29 is 14.3 Å². The number of ether oxygens (including phenoxy) is 1. The van der Waals surface area contributed by atoms with Gasteiger partial charge in [0.25, 0.3) is 5.78 Å². The molecule has 1 aromatic carbocycles. The maximum Gasteiger partial charge on any atom is 0.251 e. The number of hydrogen-bond acceptors (Lipinski definition) is 4. The molecule has 2 aliphatic rings. The van der Waals surface area contributed by atoms with Gasteiger partial charge in [-0.1, -0.05) is 37.6 Å². The minimum atomic E-state index is -0.513. The van der Waals surface area contributed by atoms with Crippen LogP contribution in [0.3, 0.4) is 0 Å². The Kier molecular flexibility index (Phi) is 3.38. The Morgan fingerprint density at radius 1 is 1.17 bits per heavy atom. The predicted molar refractivity (Wildman–Crippen MR) is 84.4 cm³/mol. The molecular weight excluding hydrogens is 292 g/mol. The van der Waals surface area contributed by atoms with E-state index in [1.165, 1.54) is 0 Å². The first-order valence-corrected chi connectivity index (χ1v) is 8.12. The fourth-order valence-electron chi connectivity index (χ4n) is 3.47. The van der Waals surface area contributed by atoms with Gasteiger partial charge in [0.05, 0.1) is 6.10 Å². The molecule has 0 spiro atoms. The monoisotopic (exact) mass is 310 g/mol. The van der Waals surface area contributed by atoms with Gasteiger partial charge >= 0.3 is 0 Å². The zero-order chi connectivity index (χ0) is 16.0. The minimum absolute atomic E-state index is 0.118. The van der Waals surface area contributed by atoms with Crippen molar-refractivity contribution in [3.8, 4) is 11.3 Å². The predicted octanol–water partition coefficient (Wildman–Crippen LogP) is 3.48. The highest BCUT2D eigenvalue weighted by Gasteiger charge is 2.36. The smallest absolute Gasteiger partial charge is 0.251 e. The molecule has 5 nitrogen and oxygen atoms in total. The van der Waals surface area contributed by atoms with E-state index in [9.17, 15) is 9.59 Å². The Balaban J connectivity index is 1.72. The van der Waals surface area contributed by atoms with Crippen molar-refractivity contribution in [1.82, 2.24) is 9.97 Å². The first kappa shape index (κ1) is 14.3. The number of nitrogens with zero attached hydrogens (tertiary/aromatic N) is 1. The summed E-state index contributed by atoms with van der Waals surface area (Å²) in [6.45, 7) is 2.14. The van der Waals surface area contributed by atoms with Crippen LogP contribution < -0.4 is 0 Å². The summed E-state index contributed by atoms with van der Waals surface area (Å²) in [5.74, 6) is -0.327. The number of rotatable bonds is 3. The molecule has 1 fully saturated rings. The number of aromatic nitrogens is 2. The van der Waals surface area contributed by atoms with Crippen LogP contribution in [0.1, 0.15) is 65.4 Å². The molecule has 2 unspecified atom stereocenters. The second-order valence-corrected chi connectivity index (χ2v) is 6.16. The minimum Gasteiger partial charge on any atom is -0.367 e. The van der Waals surface area contributed by atoms with Crippen LogP contribution in [0.25, 0.3) is 11.3 Å². The Hall–Kier alpha value is -2.27. The number of carbonyl (C=O) groups excluding carboxylic acids is 2. The van der Waals surface area contributed by atoms with Gasteiger partial charge in [0, 0.05) is 11.1 Å². The fraction of sp³-hybridized carbons (Fsp3) is 0.389. The summed E-state index contributed by atoms with van der Waals surface area (Å²) in [4.78, 5) is 32.2. The largest absolute Gasteiger partial charge is 0.367 e. The summed E-state index contributed by atoms with van der Waals surface area (Å²) >= 11 is 0. The second kappa shape index (κ2) is 5.42. The van der Waals surface area contributed by atoms with Crippen LogP contribution in [-0.2, 0) is 4.74 Å². The van der Waals surface area contributed by atoms with Crippen LogP contribution in [0.15, 0.2) is 24.3 Å². The van der Waals surface area contributed by atoms with Crippen LogP contribution >= 0.6 is 0 Å². The van der Waals surface area contributed by atoms with Crippen molar-refractivity contribution in [1.29, 1.82) is 0 Å². The number of imidazole rings is 1. The van der Waals surface area contributed by atoms with E-state index in [2.05, 4.69) is 16.9 Å². The lowest BCUT2D eigenvalue weighted by Crippen LogP contribution is -2.21. The number of hydrogen-bond donors (Lipinski definition) is 1. The molecule has 118 valence electrons. The number of ketones is 2. The standard InChI is InChI=1S/C18H18N2O3/c1-2-5-10-8-9-13(23-10)18-19-14-11-6-3-4-7-12(11)16(21)17(22)15(14)20-18/h3-4,6-7,10,13H,2,5,8-9H2,1H3,(H,19,20). The number of Topliss-reactive ketones (excluding diaryl/α,β-unsaturated/α-hetero) is 2. The van der Waals surface area contributed by atoms with Crippen molar-refractivity contribution in [3.63, 3.8) is 0 Å². The highest BCUT2D eigenvalue weighted by atomic mass is 16.5. The second-order valence-electron chi connectivity index (χ2n) is 6.16. The lowest BCUT2D eigenvalue weighted by Gasteiger charge is -2.11. The molecule has 1 aliphatic heterocycles. The van der Waals surface area contributed by atoms with Crippen LogP contribution in [0.5, 0.6) is 0 Å². The van der Waals surface area contributed by atoms with Crippen molar-refractivity contribution in [2.45, 2.75) is 44.8 Å². The third-order valence-electron chi connectivity index (χ3n) is 4.61. The zero-order valence-corrected chi connectivity index (χ0v) is 13.0. The third kappa shape index (κ3) is 2.23. The van der Waals surface area contributed by atoms with Crippen molar-refractivity contribution in [3.05, 3.63) is 41.3 Å². The molecule has 1 saturated heterocycles. The van der Waals surface area contributed by atoms with Gasteiger partial charge < -0.3 is 9.72 Å². The van der Waals surface area contributed by atoms with Crippen LogP contribution in [0.2, 0.25) is 0 Å². The van der Waals surface area contributed by atoms with Gasteiger partial charge in [0.2, 0.25) is 5.78 Å². The molecule has 0 saturated carbocycles. The molecular formula is C18H18N2O3. The number of benzene rings is 1. The molecule has 4 rings (SSSR count). The molecule has 1 aliphatic carbocycles. The van der Waals surface area contributed by atoms with Gasteiger partial charge in [-0.2, -0.15) is 0 Å². The average Bonchev–Trinajstić information content (AvgIpc) is 3.20. The maximum atomic E-state index is 12.3. The van der Waals surface area contributed by atoms with E-state index in [4.69, 9.17) is 4.74 Å². The molecule has 2 heterocycles. The lowest BCUT2D eigenvalue weighted by atomic mass is 9.90. The number of aromatic amines is 1. The summed E-state index contributed by atoms with van der Waals surface area (Å²) in [6.07, 6.45) is 4.17. The van der Waals surface area contributed by atoms with Crippen molar-refractivity contribution >= 4 is 11.6 Å². The van der Waals surface area contributed by atoms with E-state index in [1.54, 1.807) is 12.1 Å². The SMILES string of the molecule is CCCC1CCC(c2nc3c([nH]2)C(=O)C(=O)c2ccccc2-3)O1. The van der Waals surface area contributed by atoms with Crippen molar-refractivity contribution in [2.75, 3.05) is 0 Å². The van der Waals surface area contributed by atoms with Gasteiger partial charge in [-0.3, -0.25) is 9.59 Å². The van der Waals surface area contributed by atoms with Gasteiger partial charge in [-0.15, -0.1) is 0 Å². The Morgan fingerprint density at radius 2 is 1.96 bits per heavy atom. The average molecular weight is 310 g/mol. The summed E-state index contributed by atoms with van der Waals surface area (Å²) in [5.41, 5.74) is 2.02. The lowest BCUT2D eigenvalue weighted by molar-refractivity contribution is 0.0353. The molecule has 0 radical (unpaired) electrons. The maximum absolute atomic E-state index is 12.3. The summed E-state index contributed by atoms with van der Waals surface area (Å²) in [7, 11) is 0. The van der Waals surface area contributed by atoms with E-state index < -0.39 is 11.6 Å². The third-order valence-corrected chi connectivity index (χ3v) is 4.61. The summed E-state index contributed by atoms with van der Waals surface area (Å²) in [5, 5.41) is 0. The first-order chi connectivity index (χ1) is 11.2. The van der Waals surface area contributed by atoms with E-state index in [0.29, 0.717) is 22.8 Å². The molecule has 0 bridgehead atoms. The van der Waals surface area contributed by atoms with Crippen LogP contribution in [-0.4, -0.2) is 27.6 Å². The van der Waals surface area contributed by atoms with Gasteiger partial charge in [0.15, 0.2) is 0 Å². The Bertz CT molecular complexity index is 793. The number of carbonyl (C=O) groups is 2. The molecule has 1 aromatic heterocycles. The van der Waals surface area contributed by atoms with Crippen LogP contribution in [0, 0.1) is 0 Å². The van der Waals surface area contributed by atoms with Crippen molar-refractivity contribution in [2.24, 2.45) is 0 Å². The van der Waals surface area contributed by atoms with E-state index in [0.717, 1.165) is 31.2 Å². The van der Waals surface area contributed by atoms with Crippen LogP contribution in [0.4, 0.5) is 0 Å². The highest BCUT2D eigenvalue weighted by Crippen LogP contribution is 2.37. The van der Waals surface area contributed by atoms with E-state index >= 15 is 0 Å². The molecule has 23 heavy (non-hydrogen) atoms. The Labute approximate surface area is 134 Å². The molecule has 0 amide bonds. The molecule has 1 N–H and O–H groups in total. The number of fused-ring (bicyclic) bond motifs is 3. The zero-order valence-electron chi connectivity index (χ0n) is 13.0. The molecule has 2 aromatic rings. The number of H-pyrrole nitrogens is 1. The summed E-state index contributed by atoms with van der Waals surface area (Å²) < 4.78 is 6.03. The highest BCUT2D eigenvalue weighted by molar-refractivity contribution is 6.52. The summed E-state index contributed by atoms with van der Waals surface area (Å²) in [6, 6.07) is 7.12. The van der Waals surface area contributed by atoms with Gasteiger partial charge in [0.1, 0.15) is 23.3 Å². The topological polar surface area (TPSA) is 72.0 Å². The van der Waals surface area contributed by atoms with Gasteiger partial charge in [-0.25, -0.2) is 4.98 Å². The van der Waals surface area contributed by atoms with Gasteiger partial charge in [-0.05, 0) is 19.3 Å². The first-order valence-electron chi connectivity index (χ1n) is 8.12. The van der Waals surface area contributed by atoms with E-state index in [-0.39, 0.29) is 12.2 Å². The van der Waals surface area contributed by atoms with E-state index in [1.807, 2.05) is 12.1 Å². The number of nitrogens with one attached hydrogen (secondary N) is 1. The fourth-order valence-corrected chi connectivity index (χ4v) is 3.47. The quantitative estimate of drug-likeness (QED) is 0.881. The normalized spacial score (nSPS) is 23.0. The molecule has 5 heteroatoms. The molecule has 2 atom stereocenters.